The molecule has 1 rings (SSSR count). The molecular weight excluding hydrogens is 269 g/mol. The number of hydrogen-bond donors (Lipinski definition) is 4. The van der Waals surface area contributed by atoms with Crippen LogP contribution in [0.1, 0.15) is 12.0 Å². The molecule has 1 aromatic rings. The number of carboxylic acids is 1. The lowest BCUT2D eigenvalue weighted by Gasteiger charge is -2.14. The minimum atomic E-state index is -1.42. The number of urea groups is 1. The van der Waals surface area contributed by atoms with Crippen molar-refractivity contribution in [3.8, 4) is 0 Å². The van der Waals surface area contributed by atoms with Gasteiger partial charge < -0.3 is 21.5 Å². The van der Waals surface area contributed by atoms with Crippen LogP contribution in [0.4, 0.5) is 14.9 Å². The zero-order chi connectivity index (χ0) is 15.3. The smallest absolute Gasteiger partial charge is 0.326 e. The summed E-state index contributed by atoms with van der Waals surface area (Å²) in [6, 6.07) is 1.63. The van der Waals surface area contributed by atoms with Crippen molar-refractivity contribution in [3.63, 3.8) is 0 Å². The lowest BCUT2D eigenvalue weighted by atomic mass is 10.2. The van der Waals surface area contributed by atoms with Crippen molar-refractivity contribution >= 4 is 23.6 Å². The Kier molecular flexibility index (Phi) is 5.01. The molecule has 0 aliphatic rings. The average molecular weight is 283 g/mol. The zero-order valence-corrected chi connectivity index (χ0v) is 10.6. The molecule has 20 heavy (non-hydrogen) atoms. The van der Waals surface area contributed by atoms with Gasteiger partial charge in [0.25, 0.3) is 0 Å². The van der Waals surface area contributed by atoms with Crippen LogP contribution < -0.4 is 16.4 Å². The number of amides is 3. The van der Waals surface area contributed by atoms with Gasteiger partial charge in [0.1, 0.15) is 11.9 Å². The first kappa shape index (κ1) is 15.4. The highest BCUT2D eigenvalue weighted by Gasteiger charge is 2.22. The van der Waals surface area contributed by atoms with Gasteiger partial charge in [0.15, 0.2) is 0 Å². The van der Waals surface area contributed by atoms with Crippen LogP contribution in [0.15, 0.2) is 18.2 Å². The molecule has 0 aromatic heterocycles. The molecule has 0 aliphatic heterocycles. The number of anilines is 1. The SMILES string of the molecule is Cc1cc(NC(=O)N[C@@H](CC(N)=O)C(=O)O)ccc1F. The quantitative estimate of drug-likeness (QED) is 0.631. The Labute approximate surface area is 114 Å². The highest BCUT2D eigenvalue weighted by Crippen LogP contribution is 2.13. The molecule has 3 amide bonds. The second-order valence-electron chi connectivity index (χ2n) is 4.12. The van der Waals surface area contributed by atoms with Crippen molar-refractivity contribution in [1.82, 2.24) is 5.32 Å². The fourth-order valence-electron chi connectivity index (χ4n) is 1.45. The van der Waals surface area contributed by atoms with Crippen molar-refractivity contribution in [2.75, 3.05) is 5.32 Å². The average Bonchev–Trinajstić information content (AvgIpc) is 2.32. The van der Waals surface area contributed by atoms with Gasteiger partial charge in [0.05, 0.1) is 6.42 Å². The normalized spacial score (nSPS) is 11.5. The van der Waals surface area contributed by atoms with Crippen LogP contribution in [0, 0.1) is 12.7 Å². The van der Waals surface area contributed by atoms with Gasteiger partial charge in [-0.1, -0.05) is 0 Å². The largest absolute Gasteiger partial charge is 0.480 e. The molecule has 0 saturated carbocycles. The van der Waals surface area contributed by atoms with Gasteiger partial charge >= 0.3 is 12.0 Å². The van der Waals surface area contributed by atoms with Crippen molar-refractivity contribution in [1.29, 1.82) is 0 Å². The maximum absolute atomic E-state index is 13.0. The molecule has 0 heterocycles. The Morgan fingerprint density at radius 2 is 2.05 bits per heavy atom. The number of nitrogens with two attached hydrogens (primary N) is 1. The summed E-state index contributed by atoms with van der Waals surface area (Å²) in [6.45, 7) is 1.52. The number of hydrogen-bond acceptors (Lipinski definition) is 3. The summed E-state index contributed by atoms with van der Waals surface area (Å²) >= 11 is 0. The topological polar surface area (TPSA) is 122 Å². The molecule has 0 bridgehead atoms. The number of carbonyl (C=O) groups excluding carboxylic acids is 2. The van der Waals surface area contributed by atoms with E-state index in [2.05, 4.69) is 10.6 Å². The van der Waals surface area contributed by atoms with Gasteiger partial charge in [-0.2, -0.15) is 0 Å². The Morgan fingerprint density at radius 1 is 1.40 bits per heavy atom. The van der Waals surface area contributed by atoms with Crippen LogP contribution >= 0.6 is 0 Å². The van der Waals surface area contributed by atoms with E-state index in [1.165, 1.54) is 25.1 Å². The summed E-state index contributed by atoms with van der Waals surface area (Å²) in [6.07, 6.45) is -0.523. The Bertz CT molecular complexity index is 548. The summed E-state index contributed by atoms with van der Waals surface area (Å²) in [4.78, 5) is 33.1. The molecule has 0 fully saturated rings. The van der Waals surface area contributed by atoms with Crippen LogP contribution in [0.3, 0.4) is 0 Å². The number of rotatable bonds is 5. The molecule has 1 aromatic carbocycles. The number of benzene rings is 1. The second-order valence-corrected chi connectivity index (χ2v) is 4.12. The molecule has 8 heteroatoms. The summed E-state index contributed by atoms with van der Waals surface area (Å²) in [5.74, 6) is -2.65. The molecule has 108 valence electrons. The minimum absolute atomic E-state index is 0.296. The first-order valence-electron chi connectivity index (χ1n) is 5.64. The van der Waals surface area contributed by atoms with Crippen LogP contribution in [0.25, 0.3) is 0 Å². The zero-order valence-electron chi connectivity index (χ0n) is 10.6. The maximum atomic E-state index is 13.0. The standard InChI is InChI=1S/C12H14FN3O4/c1-6-4-7(2-3-8(6)13)15-12(20)16-9(11(18)19)5-10(14)17/h2-4,9H,5H2,1H3,(H2,14,17)(H,18,19)(H2,15,16,20)/t9-/m0/s1. The lowest BCUT2D eigenvalue weighted by molar-refractivity contribution is -0.140. The van der Waals surface area contributed by atoms with Gasteiger partial charge in [-0.05, 0) is 30.7 Å². The third-order valence-electron chi connectivity index (χ3n) is 2.42. The second kappa shape index (κ2) is 6.50. The number of nitrogens with one attached hydrogen (secondary N) is 2. The van der Waals surface area contributed by atoms with E-state index in [1.54, 1.807) is 0 Å². The molecule has 0 aliphatic carbocycles. The summed E-state index contributed by atoms with van der Waals surface area (Å²) in [7, 11) is 0. The third kappa shape index (κ3) is 4.56. The van der Waals surface area contributed by atoms with Crippen molar-refractivity contribution < 1.29 is 23.9 Å². The summed E-state index contributed by atoms with van der Waals surface area (Å²) in [5.41, 5.74) is 5.50. The van der Waals surface area contributed by atoms with E-state index in [0.717, 1.165) is 0 Å². The number of aliphatic carboxylic acids is 1. The minimum Gasteiger partial charge on any atom is -0.480 e. The number of carbonyl (C=O) groups is 3. The van der Waals surface area contributed by atoms with E-state index in [1.807, 2.05) is 0 Å². The van der Waals surface area contributed by atoms with Gasteiger partial charge in [-0.3, -0.25) is 4.79 Å². The number of carboxylic acid groups (broad SMARTS) is 1. The number of primary amides is 1. The molecule has 5 N–H and O–H groups in total. The molecule has 0 saturated heterocycles. The van der Waals surface area contributed by atoms with Gasteiger partial charge in [-0.25, -0.2) is 14.0 Å². The third-order valence-corrected chi connectivity index (χ3v) is 2.42. The van der Waals surface area contributed by atoms with E-state index in [-0.39, 0.29) is 0 Å². The fourth-order valence-corrected chi connectivity index (χ4v) is 1.45. The Balaban J connectivity index is 2.67. The van der Waals surface area contributed by atoms with Gasteiger partial charge in [-0.15, -0.1) is 0 Å². The van der Waals surface area contributed by atoms with Gasteiger partial charge in [0.2, 0.25) is 5.91 Å². The van der Waals surface area contributed by atoms with Crippen molar-refractivity contribution in [3.05, 3.63) is 29.6 Å². The molecule has 1 atom stereocenters. The summed E-state index contributed by atoms with van der Waals surface area (Å²) < 4.78 is 13.0. The van der Waals surface area contributed by atoms with Crippen LogP contribution in [-0.2, 0) is 9.59 Å². The van der Waals surface area contributed by atoms with Crippen LogP contribution in [-0.4, -0.2) is 29.1 Å². The molecule has 0 unspecified atom stereocenters. The van der Waals surface area contributed by atoms with E-state index in [0.29, 0.717) is 11.3 Å². The lowest BCUT2D eigenvalue weighted by Crippen LogP contribution is -2.45. The fraction of sp³-hybridized carbons (Fsp3) is 0.250. The number of aryl methyl sites for hydroxylation is 1. The van der Waals surface area contributed by atoms with Crippen LogP contribution in [0.5, 0.6) is 0 Å². The Morgan fingerprint density at radius 3 is 2.55 bits per heavy atom. The van der Waals surface area contributed by atoms with E-state index in [9.17, 15) is 18.8 Å². The summed E-state index contributed by atoms with van der Waals surface area (Å²) in [5, 5.41) is 13.2. The first-order chi connectivity index (χ1) is 9.29. The highest BCUT2D eigenvalue weighted by atomic mass is 19.1. The molecule has 7 nitrogen and oxygen atoms in total. The Hall–Kier alpha value is -2.64. The molecule has 0 spiro atoms. The predicted molar refractivity (Wildman–Crippen MR) is 68.5 cm³/mol. The molecular formula is C12H14FN3O4. The van der Waals surface area contributed by atoms with E-state index >= 15 is 0 Å². The van der Waals surface area contributed by atoms with E-state index in [4.69, 9.17) is 10.8 Å². The predicted octanol–water partition coefficient (Wildman–Crippen LogP) is 0.584. The van der Waals surface area contributed by atoms with Gasteiger partial charge in [0, 0.05) is 5.69 Å². The van der Waals surface area contributed by atoms with E-state index < -0.39 is 36.2 Å². The van der Waals surface area contributed by atoms with Crippen LogP contribution in [0.2, 0.25) is 0 Å². The number of halogens is 1. The molecule has 0 radical (unpaired) electrons. The monoisotopic (exact) mass is 283 g/mol. The highest BCUT2D eigenvalue weighted by molar-refractivity contribution is 5.93. The van der Waals surface area contributed by atoms with Crippen molar-refractivity contribution in [2.45, 2.75) is 19.4 Å². The van der Waals surface area contributed by atoms with Crippen molar-refractivity contribution in [2.24, 2.45) is 5.73 Å². The maximum Gasteiger partial charge on any atom is 0.326 e. The first-order valence-corrected chi connectivity index (χ1v) is 5.64.